The van der Waals surface area contributed by atoms with Gasteiger partial charge in [-0.05, 0) is 79.8 Å². The molecule has 0 spiro atoms. The number of fused-ring (bicyclic) bond motifs is 3. The second kappa shape index (κ2) is 9.59. The van der Waals surface area contributed by atoms with Gasteiger partial charge < -0.3 is 14.9 Å². The summed E-state index contributed by atoms with van der Waals surface area (Å²) in [6.07, 6.45) is 12.9. The van der Waals surface area contributed by atoms with Crippen molar-refractivity contribution in [1.82, 2.24) is 4.98 Å². The maximum absolute atomic E-state index is 11.9. The van der Waals surface area contributed by atoms with Crippen molar-refractivity contribution in [3.8, 4) is 5.75 Å². The lowest BCUT2D eigenvalue weighted by atomic mass is 9.50. The van der Waals surface area contributed by atoms with Crippen molar-refractivity contribution in [3.63, 3.8) is 0 Å². The largest absolute Gasteiger partial charge is 0.489 e. The summed E-state index contributed by atoms with van der Waals surface area (Å²) < 4.78 is 6.20. The first kappa shape index (κ1) is 24.1. The van der Waals surface area contributed by atoms with Gasteiger partial charge in [0.25, 0.3) is 0 Å². The lowest BCUT2D eigenvalue weighted by molar-refractivity contribution is -0.155. The normalized spacial score (nSPS) is 30.4. The maximum atomic E-state index is 11.9. The number of aryl methyl sites for hydroxylation is 2. The fourth-order valence-corrected chi connectivity index (χ4v) is 7.09. The van der Waals surface area contributed by atoms with Crippen molar-refractivity contribution in [2.75, 3.05) is 0 Å². The zero-order valence-corrected chi connectivity index (χ0v) is 21.4. The number of hydrogen-bond donors (Lipinski definition) is 2. The van der Waals surface area contributed by atoms with Crippen LogP contribution in [0, 0.1) is 18.8 Å². The molecular weight excluding hydrogens is 458 g/mol. The van der Waals surface area contributed by atoms with E-state index in [1.165, 1.54) is 16.7 Å². The van der Waals surface area contributed by atoms with Gasteiger partial charge in [-0.1, -0.05) is 66.8 Å². The summed E-state index contributed by atoms with van der Waals surface area (Å²) in [5, 5.41) is 23.5. The Morgan fingerprint density at radius 2 is 1.89 bits per heavy atom. The lowest BCUT2D eigenvalue weighted by Gasteiger charge is -2.57. The van der Waals surface area contributed by atoms with Gasteiger partial charge in [0, 0.05) is 28.8 Å². The molecule has 1 saturated carbocycles. The molecule has 0 radical (unpaired) electrons. The number of nitrogens with zero attached hydrogens (tertiary/aromatic N) is 1. The van der Waals surface area contributed by atoms with Crippen molar-refractivity contribution in [2.24, 2.45) is 11.8 Å². The zero-order chi connectivity index (χ0) is 25.5. The molecule has 0 saturated heterocycles. The van der Waals surface area contributed by atoms with E-state index < -0.39 is 11.7 Å². The number of allylic oxidation sites excluding steroid dienone is 3. The summed E-state index contributed by atoms with van der Waals surface area (Å²) in [6.45, 7) is 2.49. The molecule has 37 heavy (non-hydrogen) atoms. The first-order chi connectivity index (χ1) is 18.0. The van der Waals surface area contributed by atoms with Gasteiger partial charge in [0.2, 0.25) is 0 Å². The van der Waals surface area contributed by atoms with Gasteiger partial charge >= 0.3 is 0 Å². The number of benzene rings is 2. The van der Waals surface area contributed by atoms with Crippen molar-refractivity contribution >= 4 is 0 Å². The molecule has 4 heteroatoms. The van der Waals surface area contributed by atoms with Crippen LogP contribution < -0.4 is 4.74 Å². The molecule has 3 aromatic rings. The predicted octanol–water partition coefficient (Wildman–Crippen LogP) is 5.84. The van der Waals surface area contributed by atoms with Crippen LogP contribution in [0.5, 0.6) is 5.75 Å². The van der Waals surface area contributed by atoms with Crippen molar-refractivity contribution in [1.29, 1.82) is 0 Å². The Bertz CT molecular complexity index is 1330. The van der Waals surface area contributed by atoms with Gasteiger partial charge in [-0.2, -0.15) is 0 Å². The zero-order valence-electron chi connectivity index (χ0n) is 21.4. The number of pyridine rings is 1. The van der Waals surface area contributed by atoms with Crippen LogP contribution in [-0.2, 0) is 18.4 Å². The van der Waals surface area contributed by atoms with Gasteiger partial charge in [0.1, 0.15) is 12.4 Å². The van der Waals surface area contributed by atoms with Gasteiger partial charge in [0.15, 0.2) is 0 Å². The van der Waals surface area contributed by atoms with Gasteiger partial charge in [-0.3, -0.25) is 4.98 Å². The highest BCUT2D eigenvalue weighted by Gasteiger charge is 2.58. The van der Waals surface area contributed by atoms with Crippen LogP contribution in [0.3, 0.4) is 0 Å². The number of rotatable bonds is 5. The summed E-state index contributed by atoms with van der Waals surface area (Å²) in [5.74, 6) is 1.03. The topological polar surface area (TPSA) is 62.6 Å². The number of hydrogen-bond acceptors (Lipinski definition) is 4. The number of ether oxygens (including phenoxy) is 1. The molecule has 0 aliphatic heterocycles. The Morgan fingerprint density at radius 1 is 1.03 bits per heavy atom. The Balaban J connectivity index is 1.36. The number of aliphatic hydroxyl groups is 2. The van der Waals surface area contributed by atoms with Gasteiger partial charge in [0.05, 0.1) is 11.7 Å². The van der Waals surface area contributed by atoms with E-state index in [4.69, 9.17) is 4.74 Å². The van der Waals surface area contributed by atoms with Gasteiger partial charge in [-0.15, -0.1) is 0 Å². The monoisotopic (exact) mass is 493 g/mol. The van der Waals surface area contributed by atoms with Crippen molar-refractivity contribution < 1.29 is 14.9 Å². The summed E-state index contributed by atoms with van der Waals surface area (Å²) >= 11 is 0. The molecule has 3 aliphatic carbocycles. The Morgan fingerprint density at radius 3 is 2.68 bits per heavy atom. The standard InChI is InChI=1S/C33H35NO3/c1-23-25(9-8-18-34-23)22-37-29-16-17-30-24(19-29)14-15-28-20-33(36,27-12-6-3-7-13-27)31(35)21-32(28,30)26-10-4-2-5-11-26/h2-12,16-19,27-28,31,35-36H,13-15,20-22H2,1H3/t27?,28-,31+,32?,33-/m1/s1. The maximum Gasteiger partial charge on any atom is 0.120 e. The fourth-order valence-electron chi connectivity index (χ4n) is 7.09. The van der Waals surface area contributed by atoms with E-state index in [2.05, 4.69) is 65.7 Å². The molecule has 1 aromatic heterocycles. The van der Waals surface area contributed by atoms with Crippen LogP contribution in [0.15, 0.2) is 91.2 Å². The van der Waals surface area contributed by atoms with Crippen LogP contribution in [0.25, 0.3) is 0 Å². The first-order valence-electron chi connectivity index (χ1n) is 13.5. The third-order valence-corrected chi connectivity index (χ3v) is 9.10. The molecule has 1 fully saturated rings. The molecule has 2 aromatic carbocycles. The van der Waals surface area contributed by atoms with Crippen molar-refractivity contribution in [3.05, 3.63) is 119 Å². The molecule has 2 N–H and O–H groups in total. The van der Waals surface area contributed by atoms with E-state index >= 15 is 0 Å². The minimum atomic E-state index is -1.12. The van der Waals surface area contributed by atoms with E-state index in [1.54, 1.807) is 6.20 Å². The van der Waals surface area contributed by atoms with E-state index in [1.807, 2.05) is 31.2 Å². The molecule has 0 amide bonds. The van der Waals surface area contributed by atoms with Crippen LogP contribution in [0.4, 0.5) is 0 Å². The molecule has 1 heterocycles. The van der Waals surface area contributed by atoms with Crippen LogP contribution >= 0.6 is 0 Å². The average Bonchev–Trinajstić information content (AvgIpc) is 2.94. The average molecular weight is 494 g/mol. The molecule has 190 valence electrons. The van der Waals surface area contributed by atoms with Crippen LogP contribution in [0.2, 0.25) is 0 Å². The number of aromatic nitrogens is 1. The Labute approximate surface area is 219 Å². The quantitative estimate of drug-likeness (QED) is 0.469. The highest BCUT2D eigenvalue weighted by molar-refractivity contribution is 5.51. The number of aliphatic hydroxyl groups excluding tert-OH is 1. The lowest BCUT2D eigenvalue weighted by Crippen LogP contribution is -2.60. The molecule has 5 atom stereocenters. The van der Waals surface area contributed by atoms with Gasteiger partial charge in [-0.25, -0.2) is 0 Å². The molecular formula is C33H35NO3. The summed E-state index contributed by atoms with van der Waals surface area (Å²) in [5.41, 5.74) is 4.37. The Hall–Kier alpha value is -3.21. The highest BCUT2D eigenvalue weighted by atomic mass is 16.5. The smallest absolute Gasteiger partial charge is 0.120 e. The molecule has 0 bridgehead atoms. The third kappa shape index (κ3) is 4.13. The molecule has 6 rings (SSSR count). The minimum absolute atomic E-state index is 0.0608. The first-order valence-corrected chi connectivity index (χ1v) is 13.5. The SMILES string of the molecule is Cc1ncccc1COc1ccc2c(c1)CC[C@@H]1C[C@@](O)(C3C=CC=CC3)[C@@H](O)CC21c1ccccc1. The highest BCUT2D eigenvalue weighted by Crippen LogP contribution is 2.58. The predicted molar refractivity (Wildman–Crippen MR) is 145 cm³/mol. The second-order valence-electron chi connectivity index (χ2n) is 11.0. The molecule has 2 unspecified atom stereocenters. The Kier molecular flexibility index (Phi) is 6.26. The van der Waals surface area contributed by atoms with Crippen LogP contribution in [0.1, 0.15) is 53.6 Å². The second-order valence-corrected chi connectivity index (χ2v) is 11.0. The van der Waals surface area contributed by atoms with E-state index in [0.29, 0.717) is 19.4 Å². The fraction of sp³-hybridized carbons (Fsp3) is 0.364. The molecule has 4 nitrogen and oxygen atoms in total. The van der Waals surface area contributed by atoms with Crippen molar-refractivity contribution in [2.45, 2.75) is 62.8 Å². The molecule has 3 aliphatic rings. The minimum Gasteiger partial charge on any atom is -0.489 e. The van der Waals surface area contributed by atoms with E-state index in [-0.39, 0.29) is 17.3 Å². The summed E-state index contributed by atoms with van der Waals surface area (Å²) in [7, 11) is 0. The summed E-state index contributed by atoms with van der Waals surface area (Å²) in [4.78, 5) is 4.37. The van der Waals surface area contributed by atoms with Crippen LogP contribution in [-0.4, -0.2) is 26.9 Å². The summed E-state index contributed by atoms with van der Waals surface area (Å²) in [6, 6.07) is 21.1. The third-order valence-electron chi connectivity index (χ3n) is 9.10. The van der Waals surface area contributed by atoms with E-state index in [9.17, 15) is 10.2 Å². The van der Waals surface area contributed by atoms with E-state index in [0.717, 1.165) is 36.3 Å².